The summed E-state index contributed by atoms with van der Waals surface area (Å²) < 4.78 is 0. The largest absolute Gasteiger partial charge is 0.391 e. The van der Waals surface area contributed by atoms with E-state index >= 15 is 0 Å². The smallest absolute Gasteiger partial charge is 0.231 e. The molecular formula is C22H26N2O2. The van der Waals surface area contributed by atoms with Crippen LogP contribution >= 0.6 is 0 Å². The standard InChI is InChI=1S/C22H26N2O2/c25-19-14-22(12-7-13-23-16-22)21(26)24(15-17-8-3-1-4-9-17)20(19)18-10-5-2-6-11-18/h1-6,8-11,19-20,23,25H,7,12-16H2/t19-,20+,22+/m1/s1. The van der Waals surface area contributed by atoms with Crippen molar-refractivity contribution in [2.45, 2.75) is 38.0 Å². The Morgan fingerprint density at radius 3 is 2.42 bits per heavy atom. The van der Waals surface area contributed by atoms with Crippen LogP contribution in [-0.2, 0) is 11.3 Å². The topological polar surface area (TPSA) is 52.6 Å². The highest BCUT2D eigenvalue weighted by Gasteiger charge is 2.51. The Morgan fingerprint density at radius 2 is 1.77 bits per heavy atom. The lowest BCUT2D eigenvalue weighted by Crippen LogP contribution is -2.59. The van der Waals surface area contributed by atoms with Gasteiger partial charge in [0.1, 0.15) is 0 Å². The molecule has 26 heavy (non-hydrogen) atoms. The van der Waals surface area contributed by atoms with Crippen molar-refractivity contribution >= 4 is 5.91 Å². The number of likely N-dealkylation sites (tertiary alicyclic amines) is 1. The normalized spacial score (nSPS) is 29.1. The van der Waals surface area contributed by atoms with Crippen LogP contribution in [0.4, 0.5) is 0 Å². The van der Waals surface area contributed by atoms with Crippen molar-refractivity contribution in [3.63, 3.8) is 0 Å². The lowest BCUT2D eigenvalue weighted by molar-refractivity contribution is -0.162. The maximum atomic E-state index is 13.6. The van der Waals surface area contributed by atoms with E-state index < -0.39 is 11.5 Å². The number of nitrogens with zero attached hydrogens (tertiary/aromatic N) is 1. The molecular weight excluding hydrogens is 324 g/mol. The fourth-order valence-electron chi connectivity index (χ4n) is 4.57. The number of carbonyl (C=O) groups excluding carboxylic acids is 1. The zero-order chi connectivity index (χ0) is 18.0. The van der Waals surface area contributed by atoms with Crippen LogP contribution in [0.25, 0.3) is 0 Å². The van der Waals surface area contributed by atoms with Gasteiger partial charge in [-0.2, -0.15) is 0 Å². The van der Waals surface area contributed by atoms with Crippen LogP contribution in [-0.4, -0.2) is 35.1 Å². The van der Waals surface area contributed by atoms with Gasteiger partial charge in [-0.1, -0.05) is 60.7 Å². The van der Waals surface area contributed by atoms with Crippen molar-refractivity contribution in [3.05, 3.63) is 71.8 Å². The van der Waals surface area contributed by atoms with E-state index in [0.717, 1.165) is 30.5 Å². The lowest BCUT2D eigenvalue weighted by Gasteiger charge is -2.50. The Labute approximate surface area is 154 Å². The van der Waals surface area contributed by atoms with E-state index in [1.165, 1.54) is 0 Å². The van der Waals surface area contributed by atoms with Gasteiger partial charge in [-0.05, 0) is 36.9 Å². The molecule has 2 aromatic rings. The Bertz CT molecular complexity index is 741. The van der Waals surface area contributed by atoms with Gasteiger partial charge in [-0.3, -0.25) is 4.79 Å². The van der Waals surface area contributed by atoms with E-state index in [0.29, 0.717) is 19.5 Å². The summed E-state index contributed by atoms with van der Waals surface area (Å²) in [5.41, 5.74) is 1.62. The summed E-state index contributed by atoms with van der Waals surface area (Å²) >= 11 is 0. The number of aliphatic hydroxyl groups is 1. The van der Waals surface area contributed by atoms with Crippen LogP contribution < -0.4 is 5.32 Å². The van der Waals surface area contributed by atoms with Crippen LogP contribution in [0.2, 0.25) is 0 Å². The second-order valence-electron chi connectivity index (χ2n) is 7.61. The molecule has 2 aliphatic heterocycles. The molecule has 3 atom stereocenters. The third kappa shape index (κ3) is 3.15. The molecule has 4 nitrogen and oxygen atoms in total. The number of nitrogens with one attached hydrogen (secondary N) is 1. The van der Waals surface area contributed by atoms with E-state index in [4.69, 9.17) is 0 Å². The molecule has 1 amide bonds. The monoisotopic (exact) mass is 350 g/mol. The van der Waals surface area contributed by atoms with Gasteiger partial charge in [-0.25, -0.2) is 0 Å². The van der Waals surface area contributed by atoms with Gasteiger partial charge < -0.3 is 15.3 Å². The molecule has 2 saturated heterocycles. The number of benzene rings is 2. The van der Waals surface area contributed by atoms with Crippen LogP contribution in [0.3, 0.4) is 0 Å². The average molecular weight is 350 g/mol. The number of hydrogen-bond donors (Lipinski definition) is 2. The Hall–Kier alpha value is -2.17. The molecule has 2 aliphatic rings. The van der Waals surface area contributed by atoms with Crippen LogP contribution in [0.15, 0.2) is 60.7 Å². The summed E-state index contributed by atoms with van der Waals surface area (Å²) in [4.78, 5) is 15.5. The van der Waals surface area contributed by atoms with Gasteiger partial charge in [0.2, 0.25) is 5.91 Å². The SMILES string of the molecule is O=C1N(Cc2ccccc2)[C@@H](c2ccccc2)[C@H](O)C[C@]12CCCNC2. The summed E-state index contributed by atoms with van der Waals surface area (Å²) in [6, 6.07) is 19.7. The first-order valence-electron chi connectivity index (χ1n) is 9.48. The van der Waals surface area contributed by atoms with E-state index in [9.17, 15) is 9.90 Å². The molecule has 2 aromatic carbocycles. The molecule has 0 aromatic heterocycles. The predicted octanol–water partition coefficient (Wildman–Crippen LogP) is 2.89. The fourth-order valence-corrected chi connectivity index (χ4v) is 4.57. The molecule has 0 radical (unpaired) electrons. The molecule has 136 valence electrons. The maximum absolute atomic E-state index is 13.6. The van der Waals surface area contributed by atoms with Gasteiger partial charge >= 0.3 is 0 Å². The molecule has 0 bridgehead atoms. The van der Waals surface area contributed by atoms with Crippen molar-refractivity contribution in [3.8, 4) is 0 Å². The Kier molecular flexibility index (Phi) is 4.79. The highest BCUT2D eigenvalue weighted by atomic mass is 16.3. The summed E-state index contributed by atoms with van der Waals surface area (Å²) in [7, 11) is 0. The third-order valence-electron chi connectivity index (χ3n) is 5.82. The second-order valence-corrected chi connectivity index (χ2v) is 7.61. The quantitative estimate of drug-likeness (QED) is 0.895. The molecule has 1 spiro atoms. The van der Waals surface area contributed by atoms with Gasteiger partial charge in [-0.15, -0.1) is 0 Å². The van der Waals surface area contributed by atoms with Crippen molar-refractivity contribution in [2.75, 3.05) is 13.1 Å². The highest BCUT2D eigenvalue weighted by molar-refractivity contribution is 5.85. The number of amides is 1. The third-order valence-corrected chi connectivity index (χ3v) is 5.82. The highest BCUT2D eigenvalue weighted by Crippen LogP contribution is 2.45. The first-order valence-corrected chi connectivity index (χ1v) is 9.48. The number of carbonyl (C=O) groups is 1. The van der Waals surface area contributed by atoms with Gasteiger partial charge in [0, 0.05) is 13.1 Å². The Balaban J connectivity index is 1.71. The summed E-state index contributed by atoms with van der Waals surface area (Å²) in [6.45, 7) is 2.14. The van der Waals surface area contributed by atoms with Crippen molar-refractivity contribution in [1.29, 1.82) is 0 Å². The minimum absolute atomic E-state index is 0.174. The average Bonchev–Trinajstić information content (AvgIpc) is 2.68. The van der Waals surface area contributed by atoms with Crippen LogP contribution in [0.1, 0.15) is 36.4 Å². The van der Waals surface area contributed by atoms with E-state index in [2.05, 4.69) is 5.32 Å². The Morgan fingerprint density at radius 1 is 1.08 bits per heavy atom. The molecule has 2 fully saturated rings. The van der Waals surface area contributed by atoms with E-state index in [1.807, 2.05) is 65.6 Å². The van der Waals surface area contributed by atoms with Crippen molar-refractivity contribution in [1.82, 2.24) is 10.2 Å². The zero-order valence-electron chi connectivity index (χ0n) is 15.0. The molecule has 0 unspecified atom stereocenters. The first-order chi connectivity index (χ1) is 12.7. The predicted molar refractivity (Wildman–Crippen MR) is 101 cm³/mol. The van der Waals surface area contributed by atoms with Gasteiger partial charge in [0.25, 0.3) is 0 Å². The summed E-state index contributed by atoms with van der Waals surface area (Å²) in [6.07, 6.45) is 1.80. The minimum Gasteiger partial charge on any atom is -0.391 e. The number of aliphatic hydroxyl groups excluding tert-OH is 1. The molecule has 4 rings (SSSR count). The summed E-state index contributed by atoms with van der Waals surface area (Å²) in [5, 5.41) is 14.5. The molecule has 2 heterocycles. The molecule has 4 heteroatoms. The molecule has 0 saturated carbocycles. The van der Waals surface area contributed by atoms with E-state index in [1.54, 1.807) is 0 Å². The minimum atomic E-state index is -0.557. The number of rotatable bonds is 3. The van der Waals surface area contributed by atoms with Crippen LogP contribution in [0.5, 0.6) is 0 Å². The zero-order valence-corrected chi connectivity index (χ0v) is 15.0. The number of piperidine rings is 2. The first kappa shape index (κ1) is 17.3. The summed E-state index contributed by atoms with van der Waals surface area (Å²) in [5.74, 6) is 0.174. The molecule has 0 aliphatic carbocycles. The van der Waals surface area contributed by atoms with Gasteiger partial charge in [0.15, 0.2) is 0 Å². The van der Waals surface area contributed by atoms with E-state index in [-0.39, 0.29) is 11.9 Å². The number of hydrogen-bond acceptors (Lipinski definition) is 3. The van der Waals surface area contributed by atoms with Crippen molar-refractivity contribution in [2.24, 2.45) is 5.41 Å². The fraction of sp³-hybridized carbons (Fsp3) is 0.409. The van der Waals surface area contributed by atoms with Crippen LogP contribution in [0, 0.1) is 5.41 Å². The van der Waals surface area contributed by atoms with Gasteiger partial charge in [0.05, 0.1) is 17.6 Å². The molecule has 2 N–H and O–H groups in total. The van der Waals surface area contributed by atoms with Crippen molar-refractivity contribution < 1.29 is 9.90 Å². The maximum Gasteiger partial charge on any atom is 0.231 e. The lowest BCUT2D eigenvalue weighted by atomic mass is 9.70. The second kappa shape index (κ2) is 7.22.